The van der Waals surface area contributed by atoms with Gasteiger partial charge in [-0.15, -0.1) is 0 Å². The van der Waals surface area contributed by atoms with E-state index in [2.05, 4.69) is 4.98 Å². The fraction of sp³-hybridized carbons (Fsp3) is 0.545. The van der Waals surface area contributed by atoms with Gasteiger partial charge >= 0.3 is 0 Å². The highest BCUT2D eigenvalue weighted by atomic mass is 16.5. The summed E-state index contributed by atoms with van der Waals surface area (Å²) < 4.78 is 10.4. The molecule has 90 valence electrons. The van der Waals surface area contributed by atoms with Crippen LogP contribution < -0.4 is 15.2 Å². The zero-order valence-electron chi connectivity index (χ0n) is 9.86. The van der Waals surface area contributed by atoms with Crippen LogP contribution in [0.5, 0.6) is 11.6 Å². The zero-order chi connectivity index (χ0) is 12.2. The number of pyridine rings is 1. The summed E-state index contributed by atoms with van der Waals surface area (Å²) in [7, 11) is 3.09. The van der Waals surface area contributed by atoms with E-state index >= 15 is 0 Å². The van der Waals surface area contributed by atoms with Crippen molar-refractivity contribution >= 4 is 0 Å². The lowest BCUT2D eigenvalue weighted by Gasteiger charge is -2.28. The van der Waals surface area contributed by atoms with Crippen LogP contribution in [-0.4, -0.2) is 37.5 Å². The Morgan fingerprint density at radius 2 is 2.12 bits per heavy atom. The highest BCUT2D eigenvalue weighted by molar-refractivity contribution is 5.45. The molecule has 1 aromatic rings. The van der Waals surface area contributed by atoms with Crippen molar-refractivity contribution in [1.82, 2.24) is 4.98 Å². The molecule has 0 radical (unpaired) electrons. The SMILES string of the molecule is COc1ccnc(OC)c1C(C)(CN)CO. The third-order valence-electron chi connectivity index (χ3n) is 2.69. The lowest BCUT2D eigenvalue weighted by atomic mass is 9.83. The first-order valence-electron chi connectivity index (χ1n) is 5.01. The van der Waals surface area contributed by atoms with Crippen molar-refractivity contribution in [1.29, 1.82) is 0 Å². The van der Waals surface area contributed by atoms with Crippen molar-refractivity contribution in [2.75, 3.05) is 27.4 Å². The second-order valence-corrected chi connectivity index (χ2v) is 3.82. The Morgan fingerprint density at radius 1 is 1.44 bits per heavy atom. The molecule has 1 unspecified atom stereocenters. The van der Waals surface area contributed by atoms with E-state index in [4.69, 9.17) is 15.2 Å². The van der Waals surface area contributed by atoms with Crippen LogP contribution >= 0.6 is 0 Å². The first kappa shape index (κ1) is 12.7. The largest absolute Gasteiger partial charge is 0.496 e. The van der Waals surface area contributed by atoms with Crippen LogP contribution in [0.1, 0.15) is 12.5 Å². The smallest absolute Gasteiger partial charge is 0.220 e. The number of aromatic nitrogens is 1. The van der Waals surface area contributed by atoms with E-state index in [0.29, 0.717) is 17.2 Å². The van der Waals surface area contributed by atoms with Gasteiger partial charge in [0, 0.05) is 18.2 Å². The van der Waals surface area contributed by atoms with Crippen LogP contribution in [0.3, 0.4) is 0 Å². The molecule has 0 aliphatic heterocycles. The third-order valence-corrected chi connectivity index (χ3v) is 2.69. The van der Waals surface area contributed by atoms with Crippen LogP contribution in [0.25, 0.3) is 0 Å². The predicted molar refractivity (Wildman–Crippen MR) is 60.8 cm³/mol. The topological polar surface area (TPSA) is 77.6 Å². The van der Waals surface area contributed by atoms with Crippen molar-refractivity contribution in [2.45, 2.75) is 12.3 Å². The molecule has 1 aromatic heterocycles. The molecule has 5 nitrogen and oxygen atoms in total. The molecule has 0 aliphatic carbocycles. The van der Waals surface area contributed by atoms with Gasteiger partial charge in [-0.25, -0.2) is 4.98 Å². The molecule has 1 heterocycles. The van der Waals surface area contributed by atoms with Gasteiger partial charge in [-0.05, 0) is 6.07 Å². The van der Waals surface area contributed by atoms with Crippen LogP contribution in [0.15, 0.2) is 12.3 Å². The number of aliphatic hydroxyl groups excluding tert-OH is 1. The number of ether oxygens (including phenoxy) is 2. The second-order valence-electron chi connectivity index (χ2n) is 3.82. The van der Waals surface area contributed by atoms with Gasteiger partial charge in [0.25, 0.3) is 0 Å². The minimum atomic E-state index is -0.620. The van der Waals surface area contributed by atoms with E-state index in [0.717, 1.165) is 0 Å². The molecular formula is C11H18N2O3. The van der Waals surface area contributed by atoms with Crippen LogP contribution in [0, 0.1) is 0 Å². The number of hydrogen-bond donors (Lipinski definition) is 2. The van der Waals surface area contributed by atoms with Gasteiger partial charge in [0.1, 0.15) is 5.75 Å². The van der Waals surface area contributed by atoms with E-state index in [9.17, 15) is 5.11 Å². The molecule has 0 fully saturated rings. The van der Waals surface area contributed by atoms with Crippen LogP contribution in [0.2, 0.25) is 0 Å². The summed E-state index contributed by atoms with van der Waals surface area (Å²) in [4.78, 5) is 4.10. The molecule has 16 heavy (non-hydrogen) atoms. The maximum atomic E-state index is 9.46. The second kappa shape index (κ2) is 5.14. The number of hydrogen-bond acceptors (Lipinski definition) is 5. The van der Waals surface area contributed by atoms with Crippen molar-refractivity contribution in [2.24, 2.45) is 5.73 Å². The lowest BCUT2D eigenvalue weighted by Crippen LogP contribution is -2.36. The molecule has 0 aromatic carbocycles. The normalized spacial score (nSPS) is 14.3. The van der Waals surface area contributed by atoms with Crippen LogP contribution in [0.4, 0.5) is 0 Å². The summed E-state index contributed by atoms with van der Waals surface area (Å²) in [5.41, 5.74) is 5.78. The van der Waals surface area contributed by atoms with E-state index in [-0.39, 0.29) is 13.2 Å². The molecule has 0 saturated heterocycles. The maximum absolute atomic E-state index is 9.46. The summed E-state index contributed by atoms with van der Waals surface area (Å²) >= 11 is 0. The number of nitrogens with two attached hydrogens (primary N) is 1. The van der Waals surface area contributed by atoms with Gasteiger partial charge in [0.2, 0.25) is 5.88 Å². The van der Waals surface area contributed by atoms with Gasteiger partial charge < -0.3 is 20.3 Å². The first-order chi connectivity index (χ1) is 7.62. The minimum Gasteiger partial charge on any atom is -0.496 e. The molecule has 0 aliphatic rings. The average molecular weight is 226 g/mol. The molecule has 3 N–H and O–H groups in total. The highest BCUT2D eigenvalue weighted by Crippen LogP contribution is 2.36. The quantitative estimate of drug-likeness (QED) is 0.755. The summed E-state index contributed by atoms with van der Waals surface area (Å²) in [5, 5.41) is 9.46. The average Bonchev–Trinajstić information content (AvgIpc) is 2.36. The van der Waals surface area contributed by atoms with Crippen LogP contribution in [-0.2, 0) is 5.41 Å². The molecule has 1 atom stereocenters. The molecular weight excluding hydrogens is 208 g/mol. The fourth-order valence-corrected chi connectivity index (χ4v) is 1.55. The number of aliphatic hydroxyl groups is 1. The Kier molecular flexibility index (Phi) is 4.09. The van der Waals surface area contributed by atoms with Crippen molar-refractivity contribution in [3.63, 3.8) is 0 Å². The molecule has 5 heteroatoms. The fourth-order valence-electron chi connectivity index (χ4n) is 1.55. The van der Waals surface area contributed by atoms with E-state index in [1.165, 1.54) is 7.11 Å². The number of nitrogens with zero attached hydrogens (tertiary/aromatic N) is 1. The van der Waals surface area contributed by atoms with Gasteiger partial charge in [-0.3, -0.25) is 0 Å². The standard InChI is InChI=1S/C11H18N2O3/c1-11(6-12,7-14)9-8(15-2)4-5-13-10(9)16-3/h4-5,14H,6-7,12H2,1-3H3. The number of rotatable bonds is 5. The summed E-state index contributed by atoms with van der Waals surface area (Å²) in [6.45, 7) is 2.03. The van der Waals surface area contributed by atoms with Gasteiger partial charge in [0.05, 0.1) is 26.4 Å². The predicted octanol–water partition coefficient (Wildman–Crippen LogP) is 0.308. The summed E-state index contributed by atoms with van der Waals surface area (Å²) in [6.07, 6.45) is 1.59. The molecule has 0 bridgehead atoms. The lowest BCUT2D eigenvalue weighted by molar-refractivity contribution is 0.201. The highest BCUT2D eigenvalue weighted by Gasteiger charge is 2.32. The van der Waals surface area contributed by atoms with Crippen molar-refractivity contribution in [3.8, 4) is 11.6 Å². The Balaban J connectivity index is 3.38. The Bertz CT molecular complexity index is 329. The number of methoxy groups -OCH3 is 2. The zero-order valence-corrected chi connectivity index (χ0v) is 9.86. The Labute approximate surface area is 95.2 Å². The summed E-state index contributed by atoms with van der Waals surface area (Å²) in [6, 6.07) is 1.72. The van der Waals surface area contributed by atoms with Gasteiger partial charge in [-0.2, -0.15) is 0 Å². The molecule has 0 amide bonds. The summed E-state index contributed by atoms with van der Waals surface area (Å²) in [5.74, 6) is 1.05. The molecule has 0 saturated carbocycles. The Hall–Kier alpha value is -1.33. The Morgan fingerprint density at radius 3 is 2.56 bits per heavy atom. The monoisotopic (exact) mass is 226 g/mol. The van der Waals surface area contributed by atoms with Crippen molar-refractivity contribution < 1.29 is 14.6 Å². The first-order valence-corrected chi connectivity index (χ1v) is 5.01. The third kappa shape index (κ3) is 2.10. The minimum absolute atomic E-state index is 0.0953. The van der Waals surface area contributed by atoms with Gasteiger partial charge in [0.15, 0.2) is 0 Å². The maximum Gasteiger partial charge on any atom is 0.220 e. The molecule has 1 rings (SSSR count). The van der Waals surface area contributed by atoms with Crippen molar-refractivity contribution in [3.05, 3.63) is 17.8 Å². The van der Waals surface area contributed by atoms with Gasteiger partial charge in [-0.1, -0.05) is 6.92 Å². The molecule has 0 spiro atoms. The van der Waals surface area contributed by atoms with E-state index < -0.39 is 5.41 Å². The van der Waals surface area contributed by atoms with E-state index in [1.807, 2.05) is 6.92 Å². The van der Waals surface area contributed by atoms with E-state index in [1.54, 1.807) is 19.4 Å².